The van der Waals surface area contributed by atoms with Crippen molar-refractivity contribution >= 4 is 23.2 Å². The molecule has 0 aromatic heterocycles. The largest absolute Gasteiger partial charge is 0.495 e. The molecule has 1 aliphatic carbocycles. The van der Waals surface area contributed by atoms with Crippen LogP contribution in [0.5, 0.6) is 5.75 Å². The Morgan fingerprint density at radius 2 is 2.25 bits per heavy atom. The van der Waals surface area contributed by atoms with Crippen molar-refractivity contribution in [3.63, 3.8) is 0 Å². The summed E-state index contributed by atoms with van der Waals surface area (Å²) in [6.07, 6.45) is 0.982. The fourth-order valence-corrected chi connectivity index (χ4v) is 1.92. The smallest absolute Gasteiger partial charge is 0.227 e. The molecule has 1 fully saturated rings. The van der Waals surface area contributed by atoms with Crippen LogP contribution in [0.1, 0.15) is 13.3 Å². The first-order chi connectivity index (χ1) is 7.61. The minimum absolute atomic E-state index is 0.0775. The second-order valence-electron chi connectivity index (χ2n) is 4.16. The molecule has 1 aromatic carbocycles. The van der Waals surface area contributed by atoms with Gasteiger partial charge in [-0.05, 0) is 30.5 Å². The van der Waals surface area contributed by atoms with Gasteiger partial charge in [-0.1, -0.05) is 18.5 Å². The minimum atomic E-state index is 0.0775. The maximum absolute atomic E-state index is 11.7. The van der Waals surface area contributed by atoms with Gasteiger partial charge in [0.15, 0.2) is 0 Å². The molecule has 0 bridgehead atoms. The van der Waals surface area contributed by atoms with Crippen molar-refractivity contribution in [2.45, 2.75) is 13.3 Å². The van der Waals surface area contributed by atoms with E-state index in [1.165, 1.54) is 0 Å². The molecule has 1 amide bonds. The quantitative estimate of drug-likeness (QED) is 0.881. The molecule has 16 heavy (non-hydrogen) atoms. The van der Waals surface area contributed by atoms with Crippen LogP contribution in [0.15, 0.2) is 18.2 Å². The number of hydrogen-bond acceptors (Lipinski definition) is 2. The van der Waals surface area contributed by atoms with Gasteiger partial charge in [-0.3, -0.25) is 4.79 Å². The molecule has 1 saturated carbocycles. The number of benzene rings is 1. The molecule has 1 aromatic rings. The predicted molar refractivity (Wildman–Crippen MR) is 63.9 cm³/mol. The van der Waals surface area contributed by atoms with E-state index in [1.807, 2.05) is 0 Å². The molecular formula is C12H14ClNO2. The van der Waals surface area contributed by atoms with Crippen molar-refractivity contribution in [2.75, 3.05) is 12.4 Å². The SMILES string of the molecule is COc1ccc(NC(=O)[C@@H]2C[C@H]2C)cc1Cl. The van der Waals surface area contributed by atoms with Crippen molar-refractivity contribution in [1.29, 1.82) is 0 Å². The van der Waals surface area contributed by atoms with Gasteiger partial charge in [0.2, 0.25) is 5.91 Å². The maximum atomic E-state index is 11.7. The van der Waals surface area contributed by atoms with Gasteiger partial charge < -0.3 is 10.1 Å². The van der Waals surface area contributed by atoms with E-state index in [0.717, 1.165) is 12.1 Å². The van der Waals surface area contributed by atoms with Crippen molar-refractivity contribution in [3.8, 4) is 5.75 Å². The first-order valence-electron chi connectivity index (χ1n) is 5.26. The van der Waals surface area contributed by atoms with E-state index in [2.05, 4.69) is 12.2 Å². The molecule has 0 radical (unpaired) electrons. The molecule has 2 atom stereocenters. The van der Waals surface area contributed by atoms with Crippen molar-refractivity contribution in [2.24, 2.45) is 11.8 Å². The molecule has 1 aliphatic rings. The van der Waals surface area contributed by atoms with Crippen molar-refractivity contribution in [1.82, 2.24) is 0 Å². The zero-order valence-electron chi connectivity index (χ0n) is 9.29. The van der Waals surface area contributed by atoms with E-state index in [-0.39, 0.29) is 11.8 Å². The third-order valence-corrected chi connectivity index (χ3v) is 3.16. The van der Waals surface area contributed by atoms with Gasteiger partial charge in [-0.2, -0.15) is 0 Å². The number of carbonyl (C=O) groups excluding carboxylic acids is 1. The number of halogens is 1. The lowest BCUT2D eigenvalue weighted by Gasteiger charge is -2.07. The van der Waals surface area contributed by atoms with Crippen LogP contribution >= 0.6 is 11.6 Å². The first-order valence-corrected chi connectivity index (χ1v) is 5.64. The zero-order chi connectivity index (χ0) is 11.7. The number of methoxy groups -OCH3 is 1. The number of hydrogen-bond donors (Lipinski definition) is 1. The molecule has 0 saturated heterocycles. The van der Waals surface area contributed by atoms with Gasteiger partial charge in [0.25, 0.3) is 0 Å². The molecule has 0 unspecified atom stereocenters. The zero-order valence-corrected chi connectivity index (χ0v) is 10.0. The van der Waals surface area contributed by atoms with Crippen LogP contribution in [0, 0.1) is 11.8 Å². The monoisotopic (exact) mass is 239 g/mol. The van der Waals surface area contributed by atoms with Crippen molar-refractivity contribution < 1.29 is 9.53 Å². The number of nitrogens with one attached hydrogen (secondary N) is 1. The Labute approximate surface area is 99.7 Å². The highest BCUT2D eigenvalue weighted by Crippen LogP contribution is 2.38. The predicted octanol–water partition coefficient (Wildman–Crippen LogP) is 2.94. The highest BCUT2D eigenvalue weighted by Gasteiger charge is 2.39. The summed E-state index contributed by atoms with van der Waals surface area (Å²) in [5.74, 6) is 1.36. The van der Waals surface area contributed by atoms with Crippen LogP contribution in [0.3, 0.4) is 0 Å². The van der Waals surface area contributed by atoms with Gasteiger partial charge >= 0.3 is 0 Å². The Balaban J connectivity index is 2.04. The van der Waals surface area contributed by atoms with E-state index < -0.39 is 0 Å². The summed E-state index contributed by atoms with van der Waals surface area (Å²) in [4.78, 5) is 11.7. The molecule has 1 N–H and O–H groups in total. The Morgan fingerprint density at radius 3 is 2.75 bits per heavy atom. The van der Waals surface area contributed by atoms with E-state index in [1.54, 1.807) is 25.3 Å². The molecule has 0 aliphatic heterocycles. The van der Waals surface area contributed by atoms with Gasteiger partial charge in [0.1, 0.15) is 5.75 Å². The summed E-state index contributed by atoms with van der Waals surface area (Å²) in [5.41, 5.74) is 0.718. The van der Waals surface area contributed by atoms with Gasteiger partial charge in [0.05, 0.1) is 12.1 Å². The lowest BCUT2D eigenvalue weighted by Crippen LogP contribution is -2.14. The van der Waals surface area contributed by atoms with Crippen molar-refractivity contribution in [3.05, 3.63) is 23.2 Å². The Kier molecular flexibility index (Phi) is 3.06. The standard InChI is InChI=1S/C12H14ClNO2/c1-7-5-9(7)12(15)14-8-3-4-11(16-2)10(13)6-8/h3-4,6-7,9H,5H2,1-2H3,(H,14,15)/t7-,9-/m1/s1. The Morgan fingerprint density at radius 1 is 1.56 bits per heavy atom. The molecule has 4 heteroatoms. The van der Waals surface area contributed by atoms with E-state index in [9.17, 15) is 4.79 Å². The fourth-order valence-electron chi connectivity index (χ4n) is 1.67. The maximum Gasteiger partial charge on any atom is 0.227 e. The second kappa shape index (κ2) is 4.34. The van der Waals surface area contributed by atoms with E-state index in [4.69, 9.17) is 16.3 Å². The van der Waals surface area contributed by atoms with E-state index in [0.29, 0.717) is 16.7 Å². The number of ether oxygens (including phenoxy) is 1. The fraction of sp³-hybridized carbons (Fsp3) is 0.417. The summed E-state index contributed by atoms with van der Waals surface area (Å²) in [6, 6.07) is 5.23. The first kappa shape index (κ1) is 11.3. The molecule has 0 spiro atoms. The highest BCUT2D eigenvalue weighted by atomic mass is 35.5. The highest BCUT2D eigenvalue weighted by molar-refractivity contribution is 6.32. The van der Waals surface area contributed by atoms with Crippen LogP contribution in [0.4, 0.5) is 5.69 Å². The minimum Gasteiger partial charge on any atom is -0.495 e. The third-order valence-electron chi connectivity index (χ3n) is 2.87. The number of rotatable bonds is 3. The summed E-state index contributed by atoms with van der Waals surface area (Å²) in [6.45, 7) is 2.07. The summed E-state index contributed by atoms with van der Waals surface area (Å²) < 4.78 is 5.04. The third kappa shape index (κ3) is 2.30. The average Bonchev–Trinajstić information content (AvgIpc) is 2.96. The topological polar surface area (TPSA) is 38.3 Å². The normalized spacial score (nSPS) is 22.7. The summed E-state index contributed by atoms with van der Waals surface area (Å²) >= 11 is 5.96. The van der Waals surface area contributed by atoms with Crippen LogP contribution in [0.2, 0.25) is 5.02 Å². The van der Waals surface area contributed by atoms with Crippen LogP contribution < -0.4 is 10.1 Å². The van der Waals surface area contributed by atoms with E-state index >= 15 is 0 Å². The van der Waals surface area contributed by atoms with Crippen LogP contribution in [-0.2, 0) is 4.79 Å². The van der Waals surface area contributed by atoms with Gasteiger partial charge in [0, 0.05) is 11.6 Å². The number of carbonyl (C=O) groups is 1. The number of anilines is 1. The summed E-state index contributed by atoms with van der Waals surface area (Å²) in [7, 11) is 1.56. The Bertz CT molecular complexity index is 419. The van der Waals surface area contributed by atoms with Gasteiger partial charge in [-0.15, -0.1) is 0 Å². The molecule has 86 valence electrons. The molecule has 3 nitrogen and oxygen atoms in total. The summed E-state index contributed by atoms with van der Waals surface area (Å²) in [5, 5.41) is 3.35. The molecule has 2 rings (SSSR count). The number of amides is 1. The Hall–Kier alpha value is -1.22. The lowest BCUT2D eigenvalue weighted by molar-refractivity contribution is -0.117. The lowest BCUT2D eigenvalue weighted by atomic mass is 10.2. The average molecular weight is 240 g/mol. The molecular weight excluding hydrogens is 226 g/mol. The van der Waals surface area contributed by atoms with Crippen LogP contribution in [0.25, 0.3) is 0 Å². The van der Waals surface area contributed by atoms with Crippen LogP contribution in [-0.4, -0.2) is 13.0 Å². The molecule has 0 heterocycles. The second-order valence-corrected chi connectivity index (χ2v) is 4.57. The van der Waals surface area contributed by atoms with Gasteiger partial charge in [-0.25, -0.2) is 0 Å².